The Morgan fingerprint density at radius 3 is 2.25 bits per heavy atom. The molecule has 2 aromatic rings. The summed E-state index contributed by atoms with van der Waals surface area (Å²) in [5.74, 6) is 0.629. The lowest BCUT2D eigenvalue weighted by molar-refractivity contribution is 0.340. The number of rotatable bonds is 7. The smallest absolute Gasteiger partial charge is 0.276 e. The van der Waals surface area contributed by atoms with Gasteiger partial charge >= 0.3 is 0 Å². The zero-order valence-electron chi connectivity index (χ0n) is 13.5. The van der Waals surface area contributed by atoms with Crippen molar-refractivity contribution in [3.8, 4) is 5.75 Å². The summed E-state index contributed by atoms with van der Waals surface area (Å²) in [7, 11) is -3.72. The standard InChI is InChI=1S/C17H19BrN2O3S/c1-3-17(13-5-7-14(18)8-6-13)19-20-24(21,22)16-11-9-15(10-12-16)23-4-2/h5-12,20H,3-4H2,1-2H3/b19-17-. The van der Waals surface area contributed by atoms with Crippen molar-refractivity contribution in [3.63, 3.8) is 0 Å². The van der Waals surface area contributed by atoms with E-state index in [9.17, 15) is 8.42 Å². The Morgan fingerprint density at radius 1 is 1.08 bits per heavy atom. The first-order chi connectivity index (χ1) is 11.5. The lowest BCUT2D eigenvalue weighted by atomic mass is 10.1. The number of benzene rings is 2. The molecule has 0 atom stereocenters. The second-order valence-corrected chi connectivity index (χ2v) is 7.49. The molecule has 0 radical (unpaired) electrons. The van der Waals surface area contributed by atoms with Crippen LogP contribution in [0.1, 0.15) is 25.8 Å². The van der Waals surface area contributed by atoms with Gasteiger partial charge in [-0.25, -0.2) is 0 Å². The van der Waals surface area contributed by atoms with E-state index in [1.807, 2.05) is 38.1 Å². The first-order valence-electron chi connectivity index (χ1n) is 7.53. The molecule has 0 aromatic heterocycles. The summed E-state index contributed by atoms with van der Waals surface area (Å²) >= 11 is 3.37. The lowest BCUT2D eigenvalue weighted by Crippen LogP contribution is -2.20. The average molecular weight is 411 g/mol. The van der Waals surface area contributed by atoms with E-state index < -0.39 is 10.0 Å². The number of nitrogens with zero attached hydrogens (tertiary/aromatic N) is 1. The fraction of sp³-hybridized carbons (Fsp3) is 0.235. The lowest BCUT2D eigenvalue weighted by Gasteiger charge is -2.08. The summed E-state index contributed by atoms with van der Waals surface area (Å²) in [6, 6.07) is 13.8. The molecular formula is C17H19BrN2O3S. The third kappa shape index (κ3) is 4.82. The molecule has 0 bridgehead atoms. The van der Waals surface area contributed by atoms with Crippen molar-refractivity contribution in [2.45, 2.75) is 25.2 Å². The van der Waals surface area contributed by atoms with E-state index >= 15 is 0 Å². The Hall–Kier alpha value is -1.86. The van der Waals surface area contributed by atoms with Crippen LogP contribution >= 0.6 is 15.9 Å². The van der Waals surface area contributed by atoms with E-state index in [1.54, 1.807) is 12.1 Å². The van der Waals surface area contributed by atoms with Gasteiger partial charge in [-0.2, -0.15) is 18.4 Å². The van der Waals surface area contributed by atoms with E-state index in [-0.39, 0.29) is 4.90 Å². The average Bonchev–Trinajstić information content (AvgIpc) is 2.58. The molecule has 2 aromatic carbocycles. The highest BCUT2D eigenvalue weighted by molar-refractivity contribution is 9.10. The largest absolute Gasteiger partial charge is 0.494 e. The molecule has 0 amide bonds. The first-order valence-corrected chi connectivity index (χ1v) is 9.81. The van der Waals surface area contributed by atoms with Gasteiger partial charge < -0.3 is 4.74 Å². The van der Waals surface area contributed by atoms with Crippen LogP contribution in [0.2, 0.25) is 0 Å². The second kappa shape index (κ2) is 8.30. The minimum absolute atomic E-state index is 0.140. The molecule has 0 aliphatic heterocycles. The van der Waals surface area contributed by atoms with Crippen LogP contribution in [0.3, 0.4) is 0 Å². The monoisotopic (exact) mass is 410 g/mol. The molecule has 0 unspecified atom stereocenters. The van der Waals surface area contributed by atoms with Gasteiger partial charge in [-0.05, 0) is 55.3 Å². The number of halogens is 1. The molecule has 2 rings (SSSR count). The van der Waals surface area contributed by atoms with E-state index in [0.717, 1.165) is 10.0 Å². The maximum Gasteiger partial charge on any atom is 0.276 e. The summed E-state index contributed by atoms with van der Waals surface area (Å²) in [4.78, 5) is 2.44. The van der Waals surface area contributed by atoms with Crippen molar-refractivity contribution in [1.29, 1.82) is 0 Å². The maximum atomic E-state index is 12.3. The van der Waals surface area contributed by atoms with Crippen molar-refractivity contribution in [1.82, 2.24) is 4.83 Å². The number of nitrogens with one attached hydrogen (secondary N) is 1. The highest BCUT2D eigenvalue weighted by Gasteiger charge is 2.13. The van der Waals surface area contributed by atoms with Gasteiger partial charge in [0.05, 0.1) is 17.2 Å². The zero-order chi connectivity index (χ0) is 17.6. The fourth-order valence-electron chi connectivity index (χ4n) is 2.04. The van der Waals surface area contributed by atoms with Crippen LogP contribution in [0.5, 0.6) is 5.75 Å². The minimum atomic E-state index is -3.72. The van der Waals surface area contributed by atoms with Crippen molar-refractivity contribution < 1.29 is 13.2 Å². The van der Waals surface area contributed by atoms with Gasteiger partial charge in [0.25, 0.3) is 10.0 Å². The molecular weight excluding hydrogens is 392 g/mol. The molecule has 0 aliphatic rings. The highest BCUT2D eigenvalue weighted by Crippen LogP contribution is 2.16. The van der Waals surface area contributed by atoms with E-state index in [1.165, 1.54) is 12.1 Å². The number of hydrazone groups is 1. The van der Waals surface area contributed by atoms with Crippen molar-refractivity contribution in [2.24, 2.45) is 5.10 Å². The normalized spacial score (nSPS) is 12.0. The second-order valence-electron chi connectivity index (χ2n) is 4.92. The van der Waals surface area contributed by atoms with Crippen molar-refractivity contribution >= 4 is 31.7 Å². The number of hydrogen-bond acceptors (Lipinski definition) is 4. The fourth-order valence-corrected chi connectivity index (χ4v) is 3.13. The highest BCUT2D eigenvalue weighted by atomic mass is 79.9. The number of ether oxygens (including phenoxy) is 1. The van der Waals surface area contributed by atoms with Crippen LogP contribution < -0.4 is 9.57 Å². The summed E-state index contributed by atoms with van der Waals surface area (Å²) in [6.07, 6.45) is 0.605. The molecule has 7 heteroatoms. The van der Waals surface area contributed by atoms with Crippen molar-refractivity contribution in [2.75, 3.05) is 6.61 Å². The van der Waals surface area contributed by atoms with Crippen LogP contribution in [0, 0.1) is 0 Å². The molecule has 0 saturated heterocycles. The van der Waals surface area contributed by atoms with Gasteiger partial charge in [0.15, 0.2) is 0 Å². The molecule has 5 nitrogen and oxygen atoms in total. The SMILES string of the molecule is CCOc1ccc(S(=O)(=O)N/N=C(/CC)c2ccc(Br)cc2)cc1. The van der Waals surface area contributed by atoms with Gasteiger partial charge in [-0.15, -0.1) is 0 Å². The maximum absolute atomic E-state index is 12.3. The third-order valence-corrected chi connectivity index (χ3v) is 5.01. The molecule has 128 valence electrons. The molecule has 0 aliphatic carbocycles. The molecule has 0 saturated carbocycles. The topological polar surface area (TPSA) is 67.8 Å². The van der Waals surface area contributed by atoms with Crippen LogP contribution in [0.25, 0.3) is 0 Å². The molecule has 0 heterocycles. The van der Waals surface area contributed by atoms with Crippen molar-refractivity contribution in [3.05, 3.63) is 58.6 Å². The Kier molecular flexibility index (Phi) is 6.39. The van der Waals surface area contributed by atoms with Crippen LogP contribution in [0.4, 0.5) is 0 Å². The summed E-state index contributed by atoms with van der Waals surface area (Å²) in [6.45, 7) is 4.32. The molecule has 0 spiro atoms. The third-order valence-electron chi connectivity index (χ3n) is 3.26. The molecule has 1 N–H and O–H groups in total. The van der Waals surface area contributed by atoms with Gasteiger partial charge in [0, 0.05) is 4.47 Å². The van der Waals surface area contributed by atoms with E-state index in [2.05, 4.69) is 25.9 Å². The number of sulfonamides is 1. The van der Waals surface area contributed by atoms with Gasteiger partial charge in [0.1, 0.15) is 5.75 Å². The Balaban J connectivity index is 2.19. The number of hydrogen-bond donors (Lipinski definition) is 1. The predicted molar refractivity (Wildman–Crippen MR) is 98.9 cm³/mol. The Bertz CT molecular complexity index is 801. The molecule has 0 fully saturated rings. The van der Waals surface area contributed by atoms with E-state index in [4.69, 9.17) is 4.74 Å². The summed E-state index contributed by atoms with van der Waals surface area (Å²) in [5, 5.41) is 4.08. The minimum Gasteiger partial charge on any atom is -0.494 e. The molecule has 24 heavy (non-hydrogen) atoms. The van der Waals surface area contributed by atoms with E-state index in [0.29, 0.717) is 24.5 Å². The van der Waals surface area contributed by atoms with Crippen LogP contribution in [-0.4, -0.2) is 20.7 Å². The summed E-state index contributed by atoms with van der Waals surface area (Å²) < 4.78 is 30.9. The Morgan fingerprint density at radius 2 is 1.71 bits per heavy atom. The van der Waals surface area contributed by atoms with Gasteiger partial charge in [-0.1, -0.05) is 35.0 Å². The Labute approximate surface area is 150 Å². The van der Waals surface area contributed by atoms with Gasteiger partial charge in [-0.3, -0.25) is 0 Å². The summed E-state index contributed by atoms with van der Waals surface area (Å²) in [5.41, 5.74) is 1.53. The quantitative estimate of drug-likeness (QED) is 0.554. The first kappa shape index (κ1) is 18.5. The van der Waals surface area contributed by atoms with Gasteiger partial charge in [0.2, 0.25) is 0 Å². The predicted octanol–water partition coefficient (Wildman–Crippen LogP) is 3.94. The van der Waals surface area contributed by atoms with Crippen LogP contribution in [-0.2, 0) is 10.0 Å². The van der Waals surface area contributed by atoms with Crippen LogP contribution in [0.15, 0.2) is 63.0 Å². The zero-order valence-corrected chi connectivity index (χ0v) is 15.9.